The summed E-state index contributed by atoms with van der Waals surface area (Å²) in [6.07, 6.45) is 0. The number of thiophene rings is 1. The number of anilines is 1. The molecule has 1 aliphatic heterocycles. The fraction of sp³-hybridized carbons (Fsp3) is 0.308. The zero-order chi connectivity index (χ0) is 22.8. The molecule has 0 spiro atoms. The number of para-hydroxylation sites is 2. The van der Waals surface area contributed by atoms with Crippen molar-refractivity contribution in [3.63, 3.8) is 0 Å². The first kappa shape index (κ1) is 21.7. The van der Waals surface area contributed by atoms with Crippen molar-refractivity contribution in [3.8, 4) is 11.1 Å². The van der Waals surface area contributed by atoms with Crippen molar-refractivity contribution in [1.29, 1.82) is 0 Å². The second kappa shape index (κ2) is 9.37. The van der Waals surface area contributed by atoms with Gasteiger partial charge in [0.2, 0.25) is 0 Å². The number of carbonyl (C=O) groups excluding carboxylic acids is 1. The highest BCUT2D eigenvalue weighted by molar-refractivity contribution is 7.18. The van der Waals surface area contributed by atoms with E-state index in [1.54, 1.807) is 11.3 Å². The van der Waals surface area contributed by atoms with Crippen molar-refractivity contribution >= 4 is 33.3 Å². The number of ether oxygens (including phenoxy) is 1. The maximum atomic E-state index is 13.3. The quantitative estimate of drug-likeness (QED) is 0.434. The number of rotatable bonds is 6. The van der Waals surface area contributed by atoms with Gasteiger partial charge in [0.05, 0.1) is 40.2 Å². The minimum Gasteiger partial charge on any atom is -0.378 e. The molecule has 1 unspecified atom stereocenters. The van der Waals surface area contributed by atoms with E-state index < -0.39 is 0 Å². The zero-order valence-electron chi connectivity index (χ0n) is 19.0. The fourth-order valence-corrected chi connectivity index (χ4v) is 5.54. The van der Waals surface area contributed by atoms with Crippen LogP contribution in [0.5, 0.6) is 0 Å². The van der Waals surface area contributed by atoms with E-state index in [1.165, 1.54) is 0 Å². The third-order valence-electron chi connectivity index (χ3n) is 6.05. The molecular weight excluding hydrogens is 432 g/mol. The van der Waals surface area contributed by atoms with Crippen molar-refractivity contribution in [2.45, 2.75) is 26.4 Å². The van der Waals surface area contributed by atoms with Gasteiger partial charge in [-0.3, -0.25) is 4.79 Å². The van der Waals surface area contributed by atoms with Crippen molar-refractivity contribution in [2.75, 3.05) is 31.2 Å². The van der Waals surface area contributed by atoms with Gasteiger partial charge in [0.1, 0.15) is 5.82 Å². The van der Waals surface area contributed by atoms with Gasteiger partial charge in [0, 0.05) is 25.2 Å². The first-order valence-corrected chi connectivity index (χ1v) is 12.3. The van der Waals surface area contributed by atoms with Gasteiger partial charge in [-0.25, -0.2) is 4.98 Å². The van der Waals surface area contributed by atoms with Gasteiger partial charge in [-0.2, -0.15) is 0 Å². The predicted molar refractivity (Wildman–Crippen MR) is 134 cm³/mol. The highest BCUT2D eigenvalue weighted by atomic mass is 32.1. The molecule has 6 nitrogen and oxygen atoms in total. The first-order chi connectivity index (χ1) is 16.2. The maximum absolute atomic E-state index is 13.3. The molecule has 4 aromatic rings. The Morgan fingerprint density at radius 3 is 2.61 bits per heavy atom. The van der Waals surface area contributed by atoms with Crippen LogP contribution < -0.4 is 10.2 Å². The van der Waals surface area contributed by atoms with E-state index >= 15 is 0 Å². The Morgan fingerprint density at radius 2 is 1.85 bits per heavy atom. The number of amides is 1. The van der Waals surface area contributed by atoms with Crippen LogP contribution in [0.1, 0.15) is 35.4 Å². The van der Waals surface area contributed by atoms with E-state index in [-0.39, 0.29) is 11.9 Å². The number of aromatic nitrogens is 2. The summed E-state index contributed by atoms with van der Waals surface area (Å²) in [6.45, 7) is 7.98. The monoisotopic (exact) mass is 460 g/mol. The summed E-state index contributed by atoms with van der Waals surface area (Å²) in [5.74, 6) is 0.805. The third kappa shape index (κ3) is 4.26. The molecule has 0 bridgehead atoms. The van der Waals surface area contributed by atoms with Gasteiger partial charge in [-0.15, -0.1) is 11.3 Å². The fourth-order valence-electron chi connectivity index (χ4n) is 4.41. The Bertz CT molecular complexity index is 1260. The van der Waals surface area contributed by atoms with E-state index in [0.29, 0.717) is 18.1 Å². The normalized spacial score (nSPS) is 15.0. The molecule has 7 heteroatoms. The maximum Gasteiger partial charge on any atom is 0.262 e. The third-order valence-corrected chi connectivity index (χ3v) is 7.25. The molecule has 2 aromatic heterocycles. The number of aryl methyl sites for hydroxylation is 1. The van der Waals surface area contributed by atoms with Crippen LogP contribution in [-0.2, 0) is 11.3 Å². The van der Waals surface area contributed by atoms with E-state index in [2.05, 4.69) is 39.9 Å². The standard InChI is InChI=1S/C26H28N4O2S/c1-3-30-22-12-8-7-11-21(22)28-24(30)18(2)27-25(31)23-17-20(19-9-5-4-6-10-19)26(33-23)29-13-15-32-16-14-29/h4-12,17-18H,3,13-16H2,1-2H3,(H,27,31). The number of imidazole rings is 1. The van der Waals surface area contributed by atoms with E-state index in [4.69, 9.17) is 9.72 Å². The summed E-state index contributed by atoms with van der Waals surface area (Å²) in [7, 11) is 0. The molecule has 0 aliphatic carbocycles. The lowest BCUT2D eigenvalue weighted by Gasteiger charge is -2.28. The molecule has 1 saturated heterocycles. The van der Waals surface area contributed by atoms with Crippen LogP contribution in [0, 0.1) is 0 Å². The van der Waals surface area contributed by atoms with Gasteiger partial charge in [-0.05, 0) is 37.6 Å². The number of hydrogen-bond donors (Lipinski definition) is 1. The summed E-state index contributed by atoms with van der Waals surface area (Å²) >= 11 is 1.55. The molecule has 2 aromatic carbocycles. The minimum absolute atomic E-state index is 0.0705. The lowest BCUT2D eigenvalue weighted by Crippen LogP contribution is -2.35. The molecule has 170 valence electrons. The van der Waals surface area contributed by atoms with Crippen molar-refractivity contribution in [3.05, 3.63) is 71.4 Å². The van der Waals surface area contributed by atoms with E-state index in [0.717, 1.165) is 52.6 Å². The molecule has 33 heavy (non-hydrogen) atoms. The summed E-state index contributed by atoms with van der Waals surface area (Å²) in [6, 6.07) is 20.2. The number of benzene rings is 2. The minimum atomic E-state index is -0.209. The van der Waals surface area contributed by atoms with Gasteiger partial charge >= 0.3 is 0 Å². The van der Waals surface area contributed by atoms with Gasteiger partial charge in [0.15, 0.2) is 0 Å². The predicted octanol–water partition coefficient (Wildman–Crippen LogP) is 5.11. The lowest BCUT2D eigenvalue weighted by atomic mass is 10.1. The van der Waals surface area contributed by atoms with Crippen molar-refractivity contribution in [2.24, 2.45) is 0 Å². The van der Waals surface area contributed by atoms with Crippen LogP contribution in [0.2, 0.25) is 0 Å². The molecule has 1 fully saturated rings. The van der Waals surface area contributed by atoms with Crippen LogP contribution in [0.3, 0.4) is 0 Å². The van der Waals surface area contributed by atoms with Crippen LogP contribution >= 0.6 is 11.3 Å². The average molecular weight is 461 g/mol. The highest BCUT2D eigenvalue weighted by Crippen LogP contribution is 2.39. The average Bonchev–Trinajstić information content (AvgIpc) is 3.47. The zero-order valence-corrected chi connectivity index (χ0v) is 19.8. The van der Waals surface area contributed by atoms with Gasteiger partial charge in [-0.1, -0.05) is 42.5 Å². The Morgan fingerprint density at radius 1 is 1.12 bits per heavy atom. The van der Waals surface area contributed by atoms with Crippen LogP contribution in [0.25, 0.3) is 22.2 Å². The topological polar surface area (TPSA) is 59.4 Å². The Hall–Kier alpha value is -3.16. The second-order valence-electron chi connectivity index (χ2n) is 8.19. The molecule has 1 N–H and O–H groups in total. The van der Waals surface area contributed by atoms with Crippen molar-refractivity contribution < 1.29 is 9.53 Å². The van der Waals surface area contributed by atoms with E-state index in [9.17, 15) is 4.79 Å². The second-order valence-corrected chi connectivity index (χ2v) is 9.22. The molecule has 1 atom stereocenters. The number of morpholine rings is 1. The summed E-state index contributed by atoms with van der Waals surface area (Å²) < 4.78 is 7.71. The highest BCUT2D eigenvalue weighted by Gasteiger charge is 2.24. The molecule has 3 heterocycles. The van der Waals surface area contributed by atoms with E-state index in [1.807, 2.05) is 49.4 Å². The van der Waals surface area contributed by atoms with Crippen LogP contribution in [0.15, 0.2) is 60.7 Å². The largest absolute Gasteiger partial charge is 0.378 e. The van der Waals surface area contributed by atoms with Crippen LogP contribution in [0.4, 0.5) is 5.00 Å². The van der Waals surface area contributed by atoms with Crippen LogP contribution in [-0.4, -0.2) is 41.8 Å². The smallest absolute Gasteiger partial charge is 0.262 e. The lowest BCUT2D eigenvalue weighted by molar-refractivity contribution is 0.0942. The van der Waals surface area contributed by atoms with Gasteiger partial charge in [0.25, 0.3) is 5.91 Å². The Labute approximate surface area is 197 Å². The molecule has 1 amide bonds. The SMILES string of the molecule is CCn1c(C(C)NC(=O)c2cc(-c3ccccc3)c(N3CCOCC3)s2)nc2ccccc21. The molecule has 5 rings (SSSR count). The Balaban J connectivity index is 1.44. The number of fused-ring (bicyclic) bond motifs is 1. The first-order valence-electron chi connectivity index (χ1n) is 11.4. The number of nitrogens with zero attached hydrogens (tertiary/aromatic N) is 3. The summed E-state index contributed by atoms with van der Waals surface area (Å²) in [5.41, 5.74) is 4.26. The number of hydrogen-bond acceptors (Lipinski definition) is 5. The molecular formula is C26H28N4O2S. The van der Waals surface area contributed by atoms with Gasteiger partial charge < -0.3 is 19.5 Å². The summed E-state index contributed by atoms with van der Waals surface area (Å²) in [5, 5.41) is 4.32. The van der Waals surface area contributed by atoms with Crippen molar-refractivity contribution in [1.82, 2.24) is 14.9 Å². The molecule has 0 saturated carbocycles. The molecule has 0 radical (unpaired) electrons. The molecule has 1 aliphatic rings. The number of nitrogens with one attached hydrogen (secondary N) is 1. The Kier molecular flexibility index (Phi) is 6.15. The summed E-state index contributed by atoms with van der Waals surface area (Å²) in [4.78, 5) is 21.2. The number of carbonyl (C=O) groups is 1.